The summed E-state index contributed by atoms with van der Waals surface area (Å²) in [4.78, 5) is 6.83. The number of aromatic nitrogens is 2. The first kappa shape index (κ1) is 14.3. The number of halogens is 3. The average Bonchev–Trinajstić information content (AvgIpc) is 2.82. The second kappa shape index (κ2) is 5.49. The van der Waals surface area contributed by atoms with Crippen molar-refractivity contribution in [2.45, 2.75) is 19.2 Å². The Balaban J connectivity index is 2.00. The standard InChI is InChI=1S/C12H12F3N3O2/c1-7-2-3-9(20-7)8(19)4-17-11-6-16-5-10(18-11)12(13,14)15/h2-3,5-6,8,19H,4H2,1H3,(H,17,18). The van der Waals surface area contributed by atoms with E-state index in [1.807, 2.05) is 0 Å². The number of furan rings is 1. The van der Waals surface area contributed by atoms with Crippen molar-refractivity contribution >= 4 is 5.82 Å². The maximum absolute atomic E-state index is 12.4. The van der Waals surface area contributed by atoms with Gasteiger partial charge in [0.1, 0.15) is 23.4 Å². The van der Waals surface area contributed by atoms with E-state index in [4.69, 9.17) is 4.42 Å². The van der Waals surface area contributed by atoms with Crippen LogP contribution in [0.5, 0.6) is 0 Å². The molecule has 2 aromatic rings. The molecule has 0 aromatic carbocycles. The van der Waals surface area contributed by atoms with Crippen molar-refractivity contribution in [1.29, 1.82) is 0 Å². The third-order valence-electron chi connectivity index (χ3n) is 2.49. The molecule has 0 aliphatic rings. The molecule has 0 aliphatic heterocycles. The molecule has 0 saturated heterocycles. The first-order valence-corrected chi connectivity index (χ1v) is 5.74. The van der Waals surface area contributed by atoms with Gasteiger partial charge < -0.3 is 14.8 Å². The lowest BCUT2D eigenvalue weighted by Gasteiger charge is -2.11. The normalized spacial score (nSPS) is 13.2. The zero-order valence-electron chi connectivity index (χ0n) is 10.5. The first-order chi connectivity index (χ1) is 9.36. The lowest BCUT2D eigenvalue weighted by Crippen LogP contribution is -2.15. The third-order valence-corrected chi connectivity index (χ3v) is 2.49. The molecule has 5 nitrogen and oxygen atoms in total. The van der Waals surface area contributed by atoms with E-state index in [9.17, 15) is 18.3 Å². The van der Waals surface area contributed by atoms with Crippen LogP contribution in [-0.2, 0) is 6.18 Å². The molecule has 2 aromatic heterocycles. The summed E-state index contributed by atoms with van der Waals surface area (Å²) < 4.78 is 42.5. The summed E-state index contributed by atoms with van der Waals surface area (Å²) in [5.41, 5.74) is -1.09. The average molecular weight is 287 g/mol. The summed E-state index contributed by atoms with van der Waals surface area (Å²) in [5, 5.41) is 12.4. The fourth-order valence-electron chi connectivity index (χ4n) is 1.52. The predicted octanol–water partition coefficient (Wildman–Crippen LogP) is 2.54. The lowest BCUT2D eigenvalue weighted by molar-refractivity contribution is -0.141. The number of aliphatic hydroxyl groups excluding tert-OH is 1. The number of hydrogen-bond acceptors (Lipinski definition) is 5. The van der Waals surface area contributed by atoms with E-state index in [0.29, 0.717) is 17.7 Å². The number of rotatable bonds is 4. The van der Waals surface area contributed by atoms with Gasteiger partial charge in [0.15, 0.2) is 5.69 Å². The largest absolute Gasteiger partial charge is 0.464 e. The van der Waals surface area contributed by atoms with Gasteiger partial charge in [-0.1, -0.05) is 0 Å². The minimum Gasteiger partial charge on any atom is -0.464 e. The molecule has 2 N–H and O–H groups in total. The van der Waals surface area contributed by atoms with Crippen LogP contribution >= 0.6 is 0 Å². The Morgan fingerprint density at radius 3 is 2.70 bits per heavy atom. The summed E-state index contributed by atoms with van der Waals surface area (Å²) >= 11 is 0. The molecule has 0 spiro atoms. The quantitative estimate of drug-likeness (QED) is 0.904. The highest BCUT2D eigenvalue weighted by atomic mass is 19.4. The van der Waals surface area contributed by atoms with E-state index < -0.39 is 18.0 Å². The number of nitrogens with one attached hydrogen (secondary N) is 1. The molecule has 2 rings (SSSR count). The van der Waals surface area contributed by atoms with Crippen LogP contribution in [-0.4, -0.2) is 21.6 Å². The monoisotopic (exact) mass is 287 g/mol. The van der Waals surface area contributed by atoms with Gasteiger partial charge in [0, 0.05) is 6.54 Å². The summed E-state index contributed by atoms with van der Waals surface area (Å²) in [6.45, 7) is 1.69. The summed E-state index contributed by atoms with van der Waals surface area (Å²) in [6.07, 6.45) is -3.76. The zero-order valence-corrected chi connectivity index (χ0v) is 10.5. The van der Waals surface area contributed by atoms with Crippen molar-refractivity contribution < 1.29 is 22.7 Å². The van der Waals surface area contributed by atoms with Crippen molar-refractivity contribution in [3.05, 3.63) is 41.7 Å². The summed E-state index contributed by atoms with van der Waals surface area (Å²) in [7, 11) is 0. The van der Waals surface area contributed by atoms with E-state index in [2.05, 4.69) is 15.3 Å². The number of anilines is 1. The van der Waals surface area contributed by atoms with Gasteiger partial charge in [0.25, 0.3) is 0 Å². The van der Waals surface area contributed by atoms with Crippen molar-refractivity contribution in [1.82, 2.24) is 9.97 Å². The van der Waals surface area contributed by atoms with Gasteiger partial charge in [0.05, 0.1) is 12.4 Å². The van der Waals surface area contributed by atoms with E-state index in [1.54, 1.807) is 19.1 Å². The van der Waals surface area contributed by atoms with Crippen LogP contribution in [0.2, 0.25) is 0 Å². The SMILES string of the molecule is Cc1ccc(C(O)CNc2cncc(C(F)(F)F)n2)o1. The van der Waals surface area contributed by atoms with Gasteiger partial charge in [-0.3, -0.25) is 4.98 Å². The number of alkyl halides is 3. The number of hydrogen-bond donors (Lipinski definition) is 2. The fourth-order valence-corrected chi connectivity index (χ4v) is 1.52. The van der Waals surface area contributed by atoms with Gasteiger partial charge in [0.2, 0.25) is 0 Å². The fraction of sp³-hybridized carbons (Fsp3) is 0.333. The van der Waals surface area contributed by atoms with E-state index in [0.717, 1.165) is 6.20 Å². The zero-order chi connectivity index (χ0) is 14.8. The van der Waals surface area contributed by atoms with Crippen LogP contribution in [0.4, 0.5) is 19.0 Å². The van der Waals surface area contributed by atoms with Gasteiger partial charge in [-0.2, -0.15) is 13.2 Å². The Labute approximate surface area is 112 Å². The van der Waals surface area contributed by atoms with Crippen molar-refractivity contribution in [3.63, 3.8) is 0 Å². The Hall–Kier alpha value is -2.09. The summed E-state index contributed by atoms with van der Waals surface area (Å²) in [6, 6.07) is 3.28. The van der Waals surface area contributed by atoms with E-state index in [-0.39, 0.29) is 12.4 Å². The molecular formula is C12H12F3N3O2. The molecule has 0 fully saturated rings. The lowest BCUT2D eigenvalue weighted by atomic mass is 10.3. The molecule has 0 saturated carbocycles. The Kier molecular flexibility index (Phi) is 3.93. The summed E-state index contributed by atoms with van der Waals surface area (Å²) in [5.74, 6) is 0.898. The first-order valence-electron chi connectivity index (χ1n) is 5.74. The van der Waals surface area contributed by atoms with Crippen LogP contribution in [0.1, 0.15) is 23.3 Å². The van der Waals surface area contributed by atoms with Crippen molar-refractivity contribution in [2.75, 3.05) is 11.9 Å². The predicted molar refractivity (Wildman–Crippen MR) is 63.9 cm³/mol. The van der Waals surface area contributed by atoms with E-state index >= 15 is 0 Å². The number of aryl methyl sites for hydroxylation is 1. The van der Waals surface area contributed by atoms with Crippen molar-refractivity contribution in [3.8, 4) is 0 Å². The van der Waals surface area contributed by atoms with Crippen LogP contribution in [0.25, 0.3) is 0 Å². The minimum absolute atomic E-state index is 0.0387. The molecule has 8 heteroatoms. The Bertz CT molecular complexity index is 583. The van der Waals surface area contributed by atoms with Gasteiger partial charge in [-0.05, 0) is 19.1 Å². The molecule has 2 heterocycles. The smallest absolute Gasteiger partial charge is 0.434 e. The molecule has 0 amide bonds. The Morgan fingerprint density at radius 2 is 2.10 bits per heavy atom. The molecule has 1 unspecified atom stereocenters. The van der Waals surface area contributed by atoms with Gasteiger partial charge >= 0.3 is 6.18 Å². The number of nitrogens with zero attached hydrogens (tertiary/aromatic N) is 2. The molecule has 20 heavy (non-hydrogen) atoms. The van der Waals surface area contributed by atoms with E-state index in [1.165, 1.54) is 0 Å². The number of aliphatic hydroxyl groups is 1. The van der Waals surface area contributed by atoms with Crippen LogP contribution in [0.15, 0.2) is 28.9 Å². The molecule has 0 radical (unpaired) electrons. The maximum atomic E-state index is 12.4. The maximum Gasteiger partial charge on any atom is 0.434 e. The Morgan fingerprint density at radius 1 is 1.35 bits per heavy atom. The molecule has 1 atom stereocenters. The van der Waals surface area contributed by atoms with Crippen molar-refractivity contribution in [2.24, 2.45) is 0 Å². The van der Waals surface area contributed by atoms with Crippen LogP contribution in [0, 0.1) is 6.92 Å². The molecule has 108 valence electrons. The molecular weight excluding hydrogens is 275 g/mol. The topological polar surface area (TPSA) is 71.2 Å². The van der Waals surface area contributed by atoms with Crippen LogP contribution in [0.3, 0.4) is 0 Å². The van der Waals surface area contributed by atoms with Gasteiger partial charge in [-0.25, -0.2) is 4.98 Å². The second-order valence-corrected chi connectivity index (χ2v) is 4.13. The minimum atomic E-state index is -4.55. The second-order valence-electron chi connectivity index (χ2n) is 4.13. The molecule has 0 aliphatic carbocycles. The highest BCUT2D eigenvalue weighted by Crippen LogP contribution is 2.27. The van der Waals surface area contributed by atoms with Gasteiger partial charge in [-0.15, -0.1) is 0 Å². The molecule has 0 bridgehead atoms. The highest BCUT2D eigenvalue weighted by molar-refractivity contribution is 5.32. The third kappa shape index (κ3) is 3.47. The van der Waals surface area contributed by atoms with Crippen LogP contribution < -0.4 is 5.32 Å². The highest BCUT2D eigenvalue weighted by Gasteiger charge is 2.33.